The summed E-state index contributed by atoms with van der Waals surface area (Å²) in [5.41, 5.74) is 2.36. The van der Waals surface area contributed by atoms with E-state index in [9.17, 15) is 8.42 Å². The zero-order chi connectivity index (χ0) is 21.4. The average molecular weight is 420 g/mol. The summed E-state index contributed by atoms with van der Waals surface area (Å²) < 4.78 is 30.9. The number of sulfone groups is 1. The van der Waals surface area contributed by atoms with Crippen molar-refractivity contribution in [3.63, 3.8) is 0 Å². The lowest BCUT2D eigenvalue weighted by molar-refractivity contribution is 0.198. The molecule has 3 aromatic rings. The molecular formula is C19H25N5O4S. The molecule has 0 radical (unpaired) electrons. The first-order valence-electron chi connectivity index (χ1n) is 9.12. The molecule has 0 saturated carbocycles. The Hall–Kier alpha value is -2.72. The van der Waals surface area contributed by atoms with Gasteiger partial charge in [-0.1, -0.05) is 0 Å². The molecule has 2 aromatic heterocycles. The number of hydrogen-bond acceptors (Lipinski definition) is 8. The van der Waals surface area contributed by atoms with Gasteiger partial charge in [-0.25, -0.2) is 18.4 Å². The highest BCUT2D eigenvalue weighted by atomic mass is 32.2. The monoisotopic (exact) mass is 419 g/mol. The van der Waals surface area contributed by atoms with Crippen molar-refractivity contribution in [2.24, 2.45) is 0 Å². The third-order valence-electron chi connectivity index (χ3n) is 4.64. The predicted molar refractivity (Wildman–Crippen MR) is 110 cm³/mol. The van der Waals surface area contributed by atoms with Crippen molar-refractivity contribution in [2.75, 3.05) is 18.5 Å². The van der Waals surface area contributed by atoms with E-state index in [-0.39, 0.29) is 23.9 Å². The van der Waals surface area contributed by atoms with Crippen LogP contribution in [0.25, 0.3) is 10.9 Å². The summed E-state index contributed by atoms with van der Waals surface area (Å²) in [5.74, 6) is 1.19. The number of aromatic amines is 1. The Bertz CT molecular complexity index is 1150. The number of ether oxygens (including phenoxy) is 1. The molecule has 0 spiro atoms. The van der Waals surface area contributed by atoms with Crippen LogP contribution in [0, 0.1) is 13.8 Å². The van der Waals surface area contributed by atoms with E-state index >= 15 is 0 Å². The first kappa shape index (κ1) is 21.0. The molecule has 3 rings (SSSR count). The number of aromatic nitrogens is 4. The molecular weight excluding hydrogens is 394 g/mol. The van der Waals surface area contributed by atoms with E-state index in [0.29, 0.717) is 22.5 Å². The van der Waals surface area contributed by atoms with Crippen LogP contribution in [0.1, 0.15) is 32.0 Å². The number of nitrogens with zero attached hydrogens (tertiary/aromatic N) is 3. The number of anilines is 2. The molecule has 10 heteroatoms. The van der Waals surface area contributed by atoms with Gasteiger partial charge in [0.05, 0.1) is 16.9 Å². The van der Waals surface area contributed by atoms with Crippen LogP contribution in [0.2, 0.25) is 0 Å². The molecule has 0 saturated heterocycles. The van der Waals surface area contributed by atoms with Crippen molar-refractivity contribution < 1.29 is 18.3 Å². The van der Waals surface area contributed by atoms with Crippen LogP contribution in [0.5, 0.6) is 5.75 Å². The smallest absolute Gasteiger partial charge is 0.186 e. The highest BCUT2D eigenvalue weighted by molar-refractivity contribution is 7.92. The molecule has 0 bridgehead atoms. The molecule has 0 amide bonds. The van der Waals surface area contributed by atoms with Gasteiger partial charge in [0.2, 0.25) is 0 Å². The number of nitrogens with one attached hydrogen (secondary N) is 2. The lowest BCUT2D eigenvalue weighted by Gasteiger charge is -2.22. The topological polar surface area (TPSA) is 130 Å². The molecule has 0 atom stereocenters. The van der Waals surface area contributed by atoms with Gasteiger partial charge in [0.1, 0.15) is 29.4 Å². The van der Waals surface area contributed by atoms with Gasteiger partial charge in [0.15, 0.2) is 15.7 Å². The molecule has 29 heavy (non-hydrogen) atoms. The van der Waals surface area contributed by atoms with Crippen molar-refractivity contribution in [2.45, 2.75) is 44.3 Å². The van der Waals surface area contributed by atoms with Crippen LogP contribution in [0.4, 0.5) is 11.6 Å². The van der Waals surface area contributed by atoms with Crippen LogP contribution in [-0.4, -0.2) is 51.7 Å². The van der Waals surface area contributed by atoms with Crippen molar-refractivity contribution in [1.82, 2.24) is 20.2 Å². The van der Waals surface area contributed by atoms with E-state index in [1.807, 2.05) is 13.8 Å². The summed E-state index contributed by atoms with van der Waals surface area (Å²) in [6.45, 7) is 8.43. The van der Waals surface area contributed by atoms with Gasteiger partial charge < -0.3 is 15.2 Å². The summed E-state index contributed by atoms with van der Waals surface area (Å²) in [6, 6.07) is 3.07. The van der Waals surface area contributed by atoms with E-state index in [2.05, 4.69) is 25.5 Å². The van der Waals surface area contributed by atoms with E-state index in [0.717, 1.165) is 11.3 Å². The molecule has 0 aliphatic carbocycles. The van der Waals surface area contributed by atoms with Crippen molar-refractivity contribution in [1.29, 1.82) is 0 Å². The van der Waals surface area contributed by atoms with Crippen LogP contribution in [0.15, 0.2) is 23.4 Å². The first-order valence-corrected chi connectivity index (χ1v) is 10.6. The zero-order valence-corrected chi connectivity index (χ0v) is 17.9. The maximum Gasteiger partial charge on any atom is 0.186 e. The largest absolute Gasteiger partial charge is 0.490 e. The molecule has 0 aliphatic heterocycles. The third kappa shape index (κ3) is 3.90. The maximum atomic E-state index is 13.2. The Labute approximate surface area is 169 Å². The standard InChI is InChI=1S/C19H25N5O4S/c1-11-12(2)23-24-17(11)22-18-13-8-16(29(26,27)19(3,4)5)15(28-7-6-25)9-14(13)20-10-21-18/h8-10,25H,6-7H2,1-5H3,(H2,20,21,22,23,24). The Morgan fingerprint density at radius 1 is 1.17 bits per heavy atom. The summed E-state index contributed by atoms with van der Waals surface area (Å²) in [7, 11) is -3.73. The van der Waals surface area contributed by atoms with Crippen molar-refractivity contribution >= 4 is 32.4 Å². The number of aryl methyl sites for hydroxylation is 1. The number of H-pyrrole nitrogens is 1. The van der Waals surface area contributed by atoms with Crippen LogP contribution in [-0.2, 0) is 9.84 Å². The molecule has 3 N–H and O–H groups in total. The van der Waals surface area contributed by atoms with Crippen LogP contribution in [0.3, 0.4) is 0 Å². The van der Waals surface area contributed by atoms with Crippen molar-refractivity contribution in [3.05, 3.63) is 29.7 Å². The molecule has 0 unspecified atom stereocenters. The van der Waals surface area contributed by atoms with Crippen LogP contribution >= 0.6 is 0 Å². The molecule has 1 aromatic carbocycles. The minimum absolute atomic E-state index is 0.0266. The highest BCUT2D eigenvalue weighted by Crippen LogP contribution is 2.37. The fourth-order valence-corrected chi connectivity index (χ4v) is 4.01. The number of aliphatic hydroxyl groups excluding tert-OH is 1. The van der Waals surface area contributed by atoms with Gasteiger partial charge in [0.25, 0.3) is 0 Å². The number of rotatable bonds is 6. The van der Waals surface area contributed by atoms with E-state index < -0.39 is 14.6 Å². The second kappa shape index (κ2) is 7.60. The zero-order valence-electron chi connectivity index (χ0n) is 17.1. The summed E-state index contributed by atoms with van der Waals surface area (Å²) >= 11 is 0. The molecule has 0 fully saturated rings. The fraction of sp³-hybridized carbons (Fsp3) is 0.421. The Kier molecular flexibility index (Phi) is 5.50. The molecule has 2 heterocycles. The van der Waals surface area contributed by atoms with Gasteiger partial charge in [-0.15, -0.1) is 0 Å². The van der Waals surface area contributed by atoms with Gasteiger partial charge in [-0.2, -0.15) is 5.10 Å². The summed E-state index contributed by atoms with van der Waals surface area (Å²) in [6.07, 6.45) is 1.38. The van der Waals surface area contributed by atoms with E-state index in [1.54, 1.807) is 26.8 Å². The Balaban J connectivity index is 2.21. The van der Waals surface area contributed by atoms with Crippen LogP contribution < -0.4 is 10.1 Å². The second-order valence-electron chi connectivity index (χ2n) is 7.67. The summed E-state index contributed by atoms with van der Waals surface area (Å²) in [4.78, 5) is 8.55. The van der Waals surface area contributed by atoms with E-state index in [1.165, 1.54) is 12.4 Å². The SMILES string of the molecule is Cc1[nH]nc(Nc2ncnc3cc(OCCO)c(S(=O)(=O)C(C)(C)C)cc23)c1C. The van der Waals surface area contributed by atoms with Gasteiger partial charge in [-0.05, 0) is 40.7 Å². The average Bonchev–Trinajstić information content (AvgIpc) is 2.97. The Morgan fingerprint density at radius 3 is 2.48 bits per heavy atom. The predicted octanol–water partition coefficient (Wildman–Crippen LogP) is 2.66. The number of hydrogen-bond donors (Lipinski definition) is 3. The fourth-order valence-electron chi connectivity index (χ4n) is 2.69. The molecule has 9 nitrogen and oxygen atoms in total. The lowest BCUT2D eigenvalue weighted by atomic mass is 10.2. The minimum Gasteiger partial charge on any atom is -0.490 e. The van der Waals surface area contributed by atoms with Gasteiger partial charge in [-0.3, -0.25) is 5.10 Å². The first-order chi connectivity index (χ1) is 13.6. The normalized spacial score (nSPS) is 12.3. The quantitative estimate of drug-likeness (QED) is 0.556. The number of fused-ring (bicyclic) bond motifs is 1. The minimum atomic E-state index is -3.73. The lowest BCUT2D eigenvalue weighted by Crippen LogP contribution is -2.28. The maximum absolute atomic E-state index is 13.2. The van der Waals surface area contributed by atoms with E-state index in [4.69, 9.17) is 9.84 Å². The molecule has 156 valence electrons. The molecule has 0 aliphatic rings. The number of benzene rings is 1. The third-order valence-corrected chi connectivity index (χ3v) is 7.15. The highest BCUT2D eigenvalue weighted by Gasteiger charge is 2.34. The Morgan fingerprint density at radius 2 is 1.90 bits per heavy atom. The van der Waals surface area contributed by atoms with Gasteiger partial charge in [0, 0.05) is 22.7 Å². The van der Waals surface area contributed by atoms with Gasteiger partial charge >= 0.3 is 0 Å². The number of aliphatic hydroxyl groups is 1. The van der Waals surface area contributed by atoms with Crippen molar-refractivity contribution in [3.8, 4) is 5.75 Å². The summed E-state index contributed by atoms with van der Waals surface area (Å²) in [5, 5.41) is 19.9. The second-order valence-corrected chi connectivity index (χ2v) is 10.3.